The average molecular weight is 627 g/mol. The third kappa shape index (κ3) is 4.53. The molecule has 6 nitrogen and oxygen atoms in total. The molecule has 10 aromatic rings. The molecule has 0 saturated heterocycles. The van der Waals surface area contributed by atoms with Crippen molar-refractivity contribution in [2.75, 3.05) is 0 Å². The largest absolute Gasteiger partial charge is 0.304 e. The molecule has 0 amide bonds. The van der Waals surface area contributed by atoms with Crippen LogP contribution in [0.25, 0.3) is 94.2 Å². The molecule has 0 N–H and O–H groups in total. The Kier molecular flexibility index (Phi) is 6.08. The third-order valence-electron chi connectivity index (χ3n) is 9.36. The molecule has 0 aliphatic carbocycles. The van der Waals surface area contributed by atoms with E-state index in [1.54, 1.807) is 12.4 Å². The van der Waals surface area contributed by atoms with Crippen molar-refractivity contribution in [2.24, 2.45) is 0 Å². The molecule has 6 heteroatoms. The van der Waals surface area contributed by atoms with Gasteiger partial charge >= 0.3 is 0 Å². The van der Waals surface area contributed by atoms with Crippen molar-refractivity contribution in [3.05, 3.63) is 158 Å². The summed E-state index contributed by atoms with van der Waals surface area (Å²) in [4.78, 5) is 24.6. The second-order valence-corrected chi connectivity index (χ2v) is 12.2. The summed E-state index contributed by atoms with van der Waals surface area (Å²) in [5.41, 5.74) is 5.52. The van der Waals surface area contributed by atoms with Gasteiger partial charge in [-0.2, -0.15) is 0 Å². The van der Waals surface area contributed by atoms with Crippen molar-refractivity contribution in [1.29, 1.82) is 0 Å². The number of hydrogen-bond acceptors (Lipinski definition) is 5. The Morgan fingerprint density at radius 2 is 0.918 bits per heavy atom. The molecule has 3 heterocycles. The van der Waals surface area contributed by atoms with Crippen molar-refractivity contribution in [2.45, 2.75) is 0 Å². The van der Waals surface area contributed by atoms with E-state index in [1.165, 1.54) is 21.5 Å². The molecule has 0 bridgehead atoms. The van der Waals surface area contributed by atoms with Crippen LogP contribution in [-0.4, -0.2) is 29.3 Å². The van der Waals surface area contributed by atoms with Crippen LogP contribution in [0.3, 0.4) is 0 Å². The Bertz CT molecular complexity index is 2720. The molecule has 10 rings (SSSR count). The topological polar surface area (TPSA) is 68.9 Å². The van der Waals surface area contributed by atoms with E-state index < -0.39 is 0 Å². The first-order valence-corrected chi connectivity index (χ1v) is 16.2. The number of nitrogens with zero attached hydrogens (tertiary/aromatic N) is 6. The first kappa shape index (κ1) is 27.3. The summed E-state index contributed by atoms with van der Waals surface area (Å²) in [6.45, 7) is 0. The van der Waals surface area contributed by atoms with E-state index >= 15 is 0 Å². The van der Waals surface area contributed by atoms with Gasteiger partial charge in [0.2, 0.25) is 0 Å². The van der Waals surface area contributed by atoms with Crippen LogP contribution in [0.15, 0.2) is 158 Å². The second-order valence-electron chi connectivity index (χ2n) is 12.2. The van der Waals surface area contributed by atoms with E-state index in [9.17, 15) is 0 Å². The molecule has 228 valence electrons. The first-order valence-electron chi connectivity index (χ1n) is 16.2. The van der Waals surface area contributed by atoms with E-state index in [1.807, 2.05) is 16.8 Å². The summed E-state index contributed by atoms with van der Waals surface area (Å²) in [6.07, 6.45) is 7.44. The van der Waals surface area contributed by atoms with Crippen LogP contribution >= 0.6 is 0 Å². The Hall–Kier alpha value is -6.79. The molecule has 7 aromatic carbocycles. The van der Waals surface area contributed by atoms with E-state index in [0.717, 1.165) is 55.1 Å². The van der Waals surface area contributed by atoms with Gasteiger partial charge in [0, 0.05) is 40.8 Å². The minimum absolute atomic E-state index is 0.611. The highest BCUT2D eigenvalue weighted by molar-refractivity contribution is 6.14. The monoisotopic (exact) mass is 626 g/mol. The number of hydrogen-bond donors (Lipinski definition) is 0. The number of rotatable bonds is 4. The molecule has 0 unspecified atom stereocenters. The fraction of sp³-hybridized carbons (Fsp3) is 0. The molecule has 0 spiro atoms. The van der Waals surface area contributed by atoms with Gasteiger partial charge in [0.1, 0.15) is 0 Å². The van der Waals surface area contributed by atoms with Crippen molar-refractivity contribution < 1.29 is 0 Å². The lowest BCUT2D eigenvalue weighted by atomic mass is 9.96. The maximum atomic E-state index is 5.26. The van der Waals surface area contributed by atoms with Crippen LogP contribution in [0.2, 0.25) is 0 Å². The first-order chi connectivity index (χ1) is 24.3. The van der Waals surface area contributed by atoms with Crippen LogP contribution in [0, 0.1) is 0 Å². The van der Waals surface area contributed by atoms with Gasteiger partial charge < -0.3 is 4.40 Å². The quantitative estimate of drug-likeness (QED) is 0.182. The highest BCUT2D eigenvalue weighted by atomic mass is 15.0. The smallest absolute Gasteiger partial charge is 0.164 e. The van der Waals surface area contributed by atoms with Crippen molar-refractivity contribution >= 4 is 48.7 Å². The lowest BCUT2D eigenvalue weighted by molar-refractivity contribution is 1.08. The zero-order valence-corrected chi connectivity index (χ0v) is 26.2. The second kappa shape index (κ2) is 10.9. The van der Waals surface area contributed by atoms with Gasteiger partial charge in [-0.15, -0.1) is 0 Å². The average Bonchev–Trinajstić information content (AvgIpc) is 3.62. The fourth-order valence-electron chi connectivity index (χ4n) is 7.00. The number of imidazole rings is 1. The van der Waals surface area contributed by atoms with Crippen LogP contribution < -0.4 is 0 Å². The summed E-state index contributed by atoms with van der Waals surface area (Å²) >= 11 is 0. The summed E-state index contributed by atoms with van der Waals surface area (Å²) < 4.78 is 1.97. The maximum Gasteiger partial charge on any atom is 0.164 e. The molecule has 49 heavy (non-hydrogen) atoms. The Labute approximate surface area is 281 Å². The molecule has 0 atom stereocenters. The highest BCUT2D eigenvalue weighted by Crippen LogP contribution is 2.38. The molecule has 3 aromatic heterocycles. The van der Waals surface area contributed by atoms with Gasteiger partial charge in [-0.1, -0.05) is 121 Å². The van der Waals surface area contributed by atoms with E-state index in [4.69, 9.17) is 19.9 Å². The standard InChI is InChI=1S/C43H26N6/c1-3-11-31-29(9-1)23-37(35-15-7-5-13-33(31)35)42-46-41(28-19-17-27(18-20-28)39-26-49-22-21-44-25-40(49)45-39)47-43(48-42)38-24-30-10-2-4-12-32(30)34-14-6-8-16-36(34)38/h1-26H. The number of aromatic nitrogens is 6. The maximum absolute atomic E-state index is 5.26. The van der Waals surface area contributed by atoms with E-state index in [-0.39, 0.29) is 0 Å². The Morgan fingerprint density at radius 1 is 0.429 bits per heavy atom. The predicted octanol–water partition coefficient (Wildman–Crippen LogP) is 10.2. The van der Waals surface area contributed by atoms with Gasteiger partial charge in [0.25, 0.3) is 0 Å². The summed E-state index contributed by atoms with van der Waals surface area (Å²) in [5, 5.41) is 9.23. The lowest BCUT2D eigenvalue weighted by Crippen LogP contribution is -2.01. The fourth-order valence-corrected chi connectivity index (χ4v) is 7.00. The zero-order chi connectivity index (χ0) is 32.3. The molecular formula is C43H26N6. The lowest BCUT2D eigenvalue weighted by Gasteiger charge is -2.14. The minimum Gasteiger partial charge on any atom is -0.304 e. The van der Waals surface area contributed by atoms with E-state index in [0.29, 0.717) is 17.5 Å². The summed E-state index contributed by atoms with van der Waals surface area (Å²) in [5.74, 6) is 1.88. The highest BCUT2D eigenvalue weighted by Gasteiger charge is 2.18. The molecule has 0 aliphatic rings. The van der Waals surface area contributed by atoms with Crippen molar-refractivity contribution in [1.82, 2.24) is 29.3 Å². The molecule has 0 fully saturated rings. The van der Waals surface area contributed by atoms with Gasteiger partial charge in [-0.25, -0.2) is 19.9 Å². The van der Waals surface area contributed by atoms with Crippen molar-refractivity contribution in [3.63, 3.8) is 0 Å². The van der Waals surface area contributed by atoms with Crippen LogP contribution in [0.5, 0.6) is 0 Å². The summed E-state index contributed by atoms with van der Waals surface area (Å²) in [7, 11) is 0. The minimum atomic E-state index is 0.611. The Morgan fingerprint density at radius 3 is 1.49 bits per heavy atom. The molecule has 0 aliphatic heterocycles. The van der Waals surface area contributed by atoms with Crippen LogP contribution in [-0.2, 0) is 0 Å². The summed E-state index contributed by atoms with van der Waals surface area (Å²) in [6, 6.07) is 46.7. The van der Waals surface area contributed by atoms with Gasteiger partial charge in [-0.05, 0) is 55.2 Å². The normalized spacial score (nSPS) is 11.7. The number of fused-ring (bicyclic) bond motifs is 7. The predicted molar refractivity (Wildman–Crippen MR) is 198 cm³/mol. The molecular weight excluding hydrogens is 601 g/mol. The van der Waals surface area contributed by atoms with E-state index in [2.05, 4.69) is 138 Å². The Balaban J connectivity index is 1.22. The zero-order valence-electron chi connectivity index (χ0n) is 26.2. The van der Waals surface area contributed by atoms with Gasteiger partial charge in [0.15, 0.2) is 23.1 Å². The van der Waals surface area contributed by atoms with Crippen LogP contribution in [0.1, 0.15) is 0 Å². The third-order valence-corrected chi connectivity index (χ3v) is 9.36. The number of benzene rings is 7. The van der Waals surface area contributed by atoms with Crippen LogP contribution in [0.4, 0.5) is 0 Å². The SMILES string of the molecule is c1ccc2c(c1)cc(-c1nc(-c3ccc(-c4cn5ccncc5n4)cc3)nc(-c3cc4ccccc4c4ccccc34)n1)c1ccccc12. The van der Waals surface area contributed by atoms with Gasteiger partial charge in [-0.3, -0.25) is 4.98 Å². The van der Waals surface area contributed by atoms with Crippen molar-refractivity contribution in [3.8, 4) is 45.4 Å². The van der Waals surface area contributed by atoms with Gasteiger partial charge in [0.05, 0.1) is 11.9 Å². The molecule has 0 radical (unpaired) electrons. The molecule has 0 saturated carbocycles.